The van der Waals surface area contributed by atoms with Crippen molar-refractivity contribution >= 4 is 55.1 Å². The van der Waals surface area contributed by atoms with Crippen LogP contribution in [0.1, 0.15) is 32.8 Å². The van der Waals surface area contributed by atoms with E-state index in [1.165, 1.54) is 29.2 Å². The molecule has 0 aliphatic carbocycles. The number of carbonyl (C=O) groups is 2. The largest absolute Gasteiger partial charge is 0.494 e. The number of hydrogen-bond acceptors (Lipinski definition) is 5. The number of sulfonamides is 1. The van der Waals surface area contributed by atoms with Crippen LogP contribution >= 0.6 is 27.5 Å². The molecule has 3 aromatic rings. The van der Waals surface area contributed by atoms with Gasteiger partial charge in [0.05, 0.1) is 17.2 Å². The van der Waals surface area contributed by atoms with E-state index in [9.17, 15) is 18.0 Å². The van der Waals surface area contributed by atoms with Gasteiger partial charge in [0.15, 0.2) is 0 Å². The molecule has 214 valence electrons. The van der Waals surface area contributed by atoms with Crippen molar-refractivity contribution in [1.82, 2.24) is 10.2 Å². The average molecular weight is 651 g/mol. The van der Waals surface area contributed by atoms with Crippen LogP contribution in [0.4, 0.5) is 5.69 Å². The molecule has 0 saturated carbocycles. The van der Waals surface area contributed by atoms with Crippen LogP contribution in [-0.4, -0.2) is 50.9 Å². The fraction of sp³-hybridized carbons (Fsp3) is 0.310. The summed E-state index contributed by atoms with van der Waals surface area (Å²) >= 11 is 9.40. The molecule has 0 unspecified atom stereocenters. The number of hydrogen-bond donors (Lipinski definition) is 1. The molecule has 0 fully saturated rings. The highest BCUT2D eigenvalue weighted by Crippen LogP contribution is 2.27. The van der Waals surface area contributed by atoms with Crippen LogP contribution in [0.25, 0.3) is 0 Å². The second kappa shape index (κ2) is 14.5. The lowest BCUT2D eigenvalue weighted by Gasteiger charge is -2.32. The Hall–Kier alpha value is -3.08. The third kappa shape index (κ3) is 8.22. The molecule has 2 amide bonds. The van der Waals surface area contributed by atoms with Gasteiger partial charge in [0, 0.05) is 22.6 Å². The number of anilines is 1. The number of carbonyl (C=O) groups excluding carboxylic acids is 2. The fourth-order valence-corrected chi connectivity index (χ4v) is 5.71. The number of rotatable bonds is 13. The van der Waals surface area contributed by atoms with Crippen LogP contribution in [0.15, 0.2) is 82.2 Å². The minimum Gasteiger partial charge on any atom is -0.494 e. The highest BCUT2D eigenvalue weighted by Gasteiger charge is 2.32. The topological polar surface area (TPSA) is 96.0 Å². The lowest BCUT2D eigenvalue weighted by Crippen LogP contribution is -2.51. The van der Waals surface area contributed by atoms with Crippen molar-refractivity contribution in [2.45, 2.75) is 44.7 Å². The Balaban J connectivity index is 2.01. The van der Waals surface area contributed by atoms with Gasteiger partial charge in [-0.15, -0.1) is 0 Å². The maximum absolute atomic E-state index is 13.9. The third-order valence-electron chi connectivity index (χ3n) is 6.10. The zero-order valence-electron chi connectivity index (χ0n) is 22.6. The predicted octanol–water partition coefficient (Wildman–Crippen LogP) is 5.64. The summed E-state index contributed by atoms with van der Waals surface area (Å²) in [6.07, 6.45) is 0.740. The maximum Gasteiger partial charge on any atom is 0.264 e. The SMILES string of the molecule is CCCNC(=O)[C@@H](C)N(Cc1ccc(Br)cc1)C(=O)CN(c1ccc(OCC)cc1)S(=O)(=O)c1ccc(Cl)cc1. The number of nitrogens with zero attached hydrogens (tertiary/aromatic N) is 2. The summed E-state index contributed by atoms with van der Waals surface area (Å²) in [5, 5.41) is 3.21. The molecule has 11 heteroatoms. The van der Waals surface area contributed by atoms with Crippen molar-refractivity contribution in [1.29, 1.82) is 0 Å². The first-order chi connectivity index (χ1) is 19.1. The zero-order valence-corrected chi connectivity index (χ0v) is 25.8. The molecule has 8 nitrogen and oxygen atoms in total. The van der Waals surface area contributed by atoms with Gasteiger partial charge < -0.3 is 15.0 Å². The first-order valence-electron chi connectivity index (χ1n) is 12.9. The highest BCUT2D eigenvalue weighted by atomic mass is 79.9. The molecule has 0 heterocycles. The van der Waals surface area contributed by atoms with E-state index in [-0.39, 0.29) is 23.0 Å². The van der Waals surface area contributed by atoms with E-state index >= 15 is 0 Å². The summed E-state index contributed by atoms with van der Waals surface area (Å²) in [6.45, 7) is 5.93. The Morgan fingerprint density at radius 3 is 2.17 bits per heavy atom. The van der Waals surface area contributed by atoms with E-state index in [1.54, 1.807) is 31.2 Å². The first kappa shape index (κ1) is 31.4. The molecule has 0 saturated heterocycles. The molecule has 40 heavy (non-hydrogen) atoms. The average Bonchev–Trinajstić information content (AvgIpc) is 2.94. The number of amides is 2. The van der Waals surface area contributed by atoms with Gasteiger partial charge >= 0.3 is 0 Å². The van der Waals surface area contributed by atoms with E-state index in [4.69, 9.17) is 16.3 Å². The molecule has 3 aromatic carbocycles. The van der Waals surface area contributed by atoms with E-state index in [2.05, 4.69) is 21.2 Å². The van der Waals surface area contributed by atoms with Crippen LogP contribution in [0.5, 0.6) is 5.75 Å². The summed E-state index contributed by atoms with van der Waals surface area (Å²) in [5.74, 6) is -0.284. The molecule has 0 radical (unpaired) electrons. The first-order valence-corrected chi connectivity index (χ1v) is 15.5. The Morgan fingerprint density at radius 1 is 0.975 bits per heavy atom. The molecule has 0 aliphatic heterocycles. The van der Waals surface area contributed by atoms with Gasteiger partial charge in [0.1, 0.15) is 18.3 Å². The van der Waals surface area contributed by atoms with E-state index in [0.29, 0.717) is 23.9 Å². The lowest BCUT2D eigenvalue weighted by molar-refractivity contribution is -0.139. The molecular weight excluding hydrogens is 618 g/mol. The van der Waals surface area contributed by atoms with Crippen molar-refractivity contribution < 1.29 is 22.7 Å². The zero-order chi connectivity index (χ0) is 29.3. The van der Waals surface area contributed by atoms with Crippen LogP contribution in [0.2, 0.25) is 5.02 Å². The summed E-state index contributed by atoms with van der Waals surface area (Å²) in [6, 6.07) is 18.7. The van der Waals surface area contributed by atoms with Gasteiger partial charge in [-0.1, -0.05) is 46.6 Å². The highest BCUT2D eigenvalue weighted by molar-refractivity contribution is 9.10. The van der Waals surface area contributed by atoms with Crippen LogP contribution in [-0.2, 0) is 26.2 Å². The number of nitrogens with one attached hydrogen (secondary N) is 1. The molecule has 3 rings (SSSR count). The Morgan fingerprint density at radius 2 is 1.60 bits per heavy atom. The quantitative estimate of drug-likeness (QED) is 0.258. The second-order valence-corrected chi connectivity index (χ2v) is 12.2. The standard InChI is InChI=1S/C29H33BrClN3O5S/c1-4-18-32-29(36)21(3)33(19-22-6-8-23(30)9-7-22)28(35)20-34(25-12-14-26(15-13-25)39-5-2)40(37,38)27-16-10-24(31)11-17-27/h6-17,21H,4-5,18-20H2,1-3H3,(H,32,36)/t21-/m1/s1. The summed E-state index contributed by atoms with van der Waals surface area (Å²) in [4.78, 5) is 28.2. The van der Waals surface area contributed by atoms with Gasteiger partial charge in [0.25, 0.3) is 10.0 Å². The summed E-state index contributed by atoms with van der Waals surface area (Å²) in [5.41, 5.74) is 1.07. The molecule has 0 aromatic heterocycles. The molecule has 0 bridgehead atoms. The van der Waals surface area contributed by atoms with E-state index in [1.807, 2.05) is 38.1 Å². The van der Waals surface area contributed by atoms with Crippen LogP contribution in [0.3, 0.4) is 0 Å². The monoisotopic (exact) mass is 649 g/mol. The summed E-state index contributed by atoms with van der Waals surface area (Å²) in [7, 11) is -4.18. The normalized spacial score (nSPS) is 11.9. The van der Waals surface area contributed by atoms with Crippen LogP contribution in [0, 0.1) is 0 Å². The van der Waals surface area contributed by atoms with Crippen molar-refractivity contribution in [3.8, 4) is 5.75 Å². The smallest absolute Gasteiger partial charge is 0.264 e. The number of halogens is 2. The minimum absolute atomic E-state index is 0.0215. The lowest BCUT2D eigenvalue weighted by atomic mass is 10.1. The molecular formula is C29H33BrClN3O5S. The molecule has 1 N–H and O–H groups in total. The Kier molecular flexibility index (Phi) is 11.4. The van der Waals surface area contributed by atoms with Crippen molar-refractivity contribution in [2.24, 2.45) is 0 Å². The number of benzene rings is 3. The van der Waals surface area contributed by atoms with Gasteiger partial charge in [-0.2, -0.15) is 0 Å². The third-order valence-corrected chi connectivity index (χ3v) is 8.67. The van der Waals surface area contributed by atoms with Gasteiger partial charge in [-0.3, -0.25) is 13.9 Å². The minimum atomic E-state index is -4.18. The molecule has 0 spiro atoms. The van der Waals surface area contributed by atoms with E-state index in [0.717, 1.165) is 20.8 Å². The fourth-order valence-electron chi connectivity index (χ4n) is 3.90. The molecule has 0 aliphatic rings. The Bertz CT molecular complexity index is 1380. The van der Waals surface area contributed by atoms with E-state index < -0.39 is 28.5 Å². The van der Waals surface area contributed by atoms with Crippen molar-refractivity contribution in [3.05, 3.63) is 87.9 Å². The van der Waals surface area contributed by atoms with Gasteiger partial charge in [-0.25, -0.2) is 8.42 Å². The number of ether oxygens (including phenoxy) is 1. The van der Waals surface area contributed by atoms with Gasteiger partial charge in [-0.05, 0) is 86.5 Å². The predicted molar refractivity (Wildman–Crippen MR) is 161 cm³/mol. The van der Waals surface area contributed by atoms with Crippen LogP contribution < -0.4 is 14.4 Å². The Labute approximate surface area is 249 Å². The molecule has 1 atom stereocenters. The van der Waals surface area contributed by atoms with Crippen molar-refractivity contribution in [3.63, 3.8) is 0 Å². The maximum atomic E-state index is 13.9. The van der Waals surface area contributed by atoms with Crippen molar-refractivity contribution in [2.75, 3.05) is 24.0 Å². The van der Waals surface area contributed by atoms with Gasteiger partial charge in [0.2, 0.25) is 11.8 Å². The second-order valence-electron chi connectivity index (χ2n) is 9.01. The summed E-state index contributed by atoms with van der Waals surface area (Å²) < 4.78 is 35.1.